The fourth-order valence-corrected chi connectivity index (χ4v) is 1.29. The lowest BCUT2D eigenvalue weighted by Gasteiger charge is -2.24. The van der Waals surface area contributed by atoms with Crippen molar-refractivity contribution in [1.29, 1.82) is 0 Å². The summed E-state index contributed by atoms with van der Waals surface area (Å²) in [5.41, 5.74) is 0. The van der Waals surface area contributed by atoms with Crippen molar-refractivity contribution < 1.29 is 9.90 Å². The van der Waals surface area contributed by atoms with Gasteiger partial charge in [-0.15, -0.1) is 0 Å². The maximum Gasteiger partial charge on any atom is 0.179 e. The van der Waals surface area contributed by atoms with Crippen LogP contribution in [0.1, 0.15) is 13.3 Å². The number of hydrogen-bond acceptors (Lipinski definition) is 4. The highest BCUT2D eigenvalue weighted by Crippen LogP contribution is 1.98. The van der Waals surface area contributed by atoms with Gasteiger partial charge in [0.2, 0.25) is 0 Å². The fraction of sp³-hybridized carbons (Fsp3) is 0.875. The molecule has 0 amide bonds. The van der Waals surface area contributed by atoms with Crippen molar-refractivity contribution in [3.8, 4) is 0 Å². The van der Waals surface area contributed by atoms with Crippen molar-refractivity contribution in [3.63, 3.8) is 0 Å². The predicted octanol–water partition coefficient (Wildman–Crippen LogP) is -1.11. The van der Waals surface area contributed by atoms with Gasteiger partial charge in [0, 0.05) is 19.6 Å². The zero-order valence-electron chi connectivity index (χ0n) is 7.34. The molecule has 4 nitrogen and oxygen atoms in total. The van der Waals surface area contributed by atoms with Crippen LogP contribution in [-0.4, -0.2) is 42.7 Å². The number of piperazine rings is 1. The Morgan fingerprint density at radius 1 is 1.67 bits per heavy atom. The lowest BCUT2D eigenvalue weighted by atomic mass is 10.0. The van der Waals surface area contributed by atoms with E-state index in [0.29, 0.717) is 13.0 Å². The van der Waals surface area contributed by atoms with Gasteiger partial charge in [0.25, 0.3) is 0 Å². The Kier molecular flexibility index (Phi) is 3.65. The minimum absolute atomic E-state index is 0.0929. The van der Waals surface area contributed by atoms with Gasteiger partial charge >= 0.3 is 0 Å². The van der Waals surface area contributed by atoms with Gasteiger partial charge in [0.1, 0.15) is 6.10 Å². The monoisotopic (exact) mass is 172 g/mol. The quantitative estimate of drug-likeness (QED) is 0.505. The molecule has 1 heterocycles. The van der Waals surface area contributed by atoms with Gasteiger partial charge in [0.15, 0.2) is 5.78 Å². The highest BCUT2D eigenvalue weighted by Gasteiger charge is 2.24. The van der Waals surface area contributed by atoms with E-state index in [1.807, 2.05) is 0 Å². The predicted molar refractivity (Wildman–Crippen MR) is 46.0 cm³/mol. The van der Waals surface area contributed by atoms with Crippen LogP contribution in [0.3, 0.4) is 0 Å². The van der Waals surface area contributed by atoms with Crippen molar-refractivity contribution in [2.45, 2.75) is 25.5 Å². The van der Waals surface area contributed by atoms with Crippen LogP contribution in [0.25, 0.3) is 0 Å². The lowest BCUT2D eigenvalue weighted by Crippen LogP contribution is -2.54. The smallest absolute Gasteiger partial charge is 0.179 e. The van der Waals surface area contributed by atoms with E-state index < -0.39 is 6.10 Å². The lowest BCUT2D eigenvalue weighted by molar-refractivity contribution is -0.129. The number of hydrogen-bond donors (Lipinski definition) is 3. The maximum atomic E-state index is 11.4. The van der Waals surface area contributed by atoms with Gasteiger partial charge in [-0.05, 0) is 6.42 Å². The summed E-state index contributed by atoms with van der Waals surface area (Å²) in [6.45, 7) is 4.13. The Morgan fingerprint density at radius 3 is 2.92 bits per heavy atom. The number of ketones is 1. The number of Topliss-reactive ketones (excluding diaryl/α,β-unsaturated/α-hetero) is 1. The molecule has 2 unspecified atom stereocenters. The van der Waals surface area contributed by atoms with Crippen LogP contribution in [-0.2, 0) is 4.79 Å². The summed E-state index contributed by atoms with van der Waals surface area (Å²) in [5.74, 6) is -0.0929. The summed E-state index contributed by atoms with van der Waals surface area (Å²) in [5, 5.41) is 15.4. The SMILES string of the molecule is CCC(O)C(=O)C1CNCCN1. The van der Waals surface area contributed by atoms with Crippen LogP contribution in [0.2, 0.25) is 0 Å². The number of rotatable bonds is 3. The molecule has 12 heavy (non-hydrogen) atoms. The molecule has 1 aliphatic rings. The maximum absolute atomic E-state index is 11.4. The standard InChI is InChI=1S/C8H16N2O2/c1-2-7(11)8(12)6-5-9-3-4-10-6/h6-7,9-11H,2-5H2,1H3. The highest BCUT2D eigenvalue weighted by molar-refractivity contribution is 5.88. The third-order valence-electron chi connectivity index (χ3n) is 2.10. The molecular weight excluding hydrogens is 156 g/mol. The van der Waals surface area contributed by atoms with Crippen LogP contribution >= 0.6 is 0 Å². The molecule has 4 heteroatoms. The highest BCUT2D eigenvalue weighted by atomic mass is 16.3. The summed E-state index contributed by atoms with van der Waals surface area (Å²) in [6, 6.07) is -0.200. The Morgan fingerprint density at radius 2 is 2.42 bits per heavy atom. The van der Waals surface area contributed by atoms with E-state index in [-0.39, 0.29) is 11.8 Å². The molecule has 0 aromatic rings. The van der Waals surface area contributed by atoms with E-state index in [0.717, 1.165) is 13.1 Å². The van der Waals surface area contributed by atoms with E-state index in [9.17, 15) is 9.90 Å². The second kappa shape index (κ2) is 4.54. The van der Waals surface area contributed by atoms with Crippen LogP contribution in [0, 0.1) is 0 Å². The fourth-order valence-electron chi connectivity index (χ4n) is 1.29. The molecule has 0 aromatic carbocycles. The summed E-state index contributed by atoms with van der Waals surface area (Å²) < 4.78 is 0. The van der Waals surface area contributed by atoms with Crippen molar-refractivity contribution >= 4 is 5.78 Å². The third-order valence-corrected chi connectivity index (χ3v) is 2.10. The molecule has 0 aromatic heterocycles. The van der Waals surface area contributed by atoms with Gasteiger partial charge in [-0.3, -0.25) is 4.79 Å². The Hall–Kier alpha value is -0.450. The van der Waals surface area contributed by atoms with Crippen LogP contribution in [0.5, 0.6) is 0 Å². The van der Waals surface area contributed by atoms with Gasteiger partial charge in [-0.2, -0.15) is 0 Å². The van der Waals surface area contributed by atoms with Crippen molar-refractivity contribution in [2.75, 3.05) is 19.6 Å². The van der Waals surface area contributed by atoms with Gasteiger partial charge < -0.3 is 15.7 Å². The summed E-state index contributed by atoms with van der Waals surface area (Å²) >= 11 is 0. The topological polar surface area (TPSA) is 61.4 Å². The van der Waals surface area contributed by atoms with E-state index in [1.165, 1.54) is 0 Å². The molecule has 1 fully saturated rings. The normalized spacial score (nSPS) is 26.7. The van der Waals surface area contributed by atoms with E-state index in [2.05, 4.69) is 10.6 Å². The molecular formula is C8H16N2O2. The molecule has 0 radical (unpaired) electrons. The van der Waals surface area contributed by atoms with E-state index in [1.54, 1.807) is 6.92 Å². The number of carbonyl (C=O) groups is 1. The first-order chi connectivity index (χ1) is 5.75. The third kappa shape index (κ3) is 2.27. The first-order valence-electron chi connectivity index (χ1n) is 4.41. The van der Waals surface area contributed by atoms with Crippen molar-refractivity contribution in [1.82, 2.24) is 10.6 Å². The van der Waals surface area contributed by atoms with E-state index >= 15 is 0 Å². The average Bonchev–Trinajstić information content (AvgIpc) is 2.17. The number of carbonyl (C=O) groups excluding carboxylic acids is 1. The number of nitrogens with one attached hydrogen (secondary N) is 2. The average molecular weight is 172 g/mol. The van der Waals surface area contributed by atoms with Gasteiger partial charge in [-0.25, -0.2) is 0 Å². The number of aliphatic hydroxyl groups is 1. The van der Waals surface area contributed by atoms with Gasteiger partial charge in [-0.1, -0.05) is 6.92 Å². The molecule has 0 aliphatic carbocycles. The first-order valence-corrected chi connectivity index (χ1v) is 4.41. The minimum atomic E-state index is -0.803. The minimum Gasteiger partial charge on any atom is -0.385 e. The number of aliphatic hydroxyl groups excluding tert-OH is 1. The Labute approximate surface area is 72.3 Å². The van der Waals surface area contributed by atoms with Crippen LogP contribution in [0.4, 0.5) is 0 Å². The molecule has 3 N–H and O–H groups in total. The molecule has 0 spiro atoms. The molecule has 1 saturated heterocycles. The zero-order valence-corrected chi connectivity index (χ0v) is 7.34. The molecule has 0 bridgehead atoms. The molecule has 0 saturated carbocycles. The summed E-state index contributed by atoms with van der Waals surface area (Å²) in [7, 11) is 0. The van der Waals surface area contributed by atoms with Crippen LogP contribution < -0.4 is 10.6 Å². The van der Waals surface area contributed by atoms with E-state index in [4.69, 9.17) is 0 Å². The summed E-state index contributed by atoms with van der Waals surface area (Å²) in [4.78, 5) is 11.4. The van der Waals surface area contributed by atoms with Crippen LogP contribution in [0.15, 0.2) is 0 Å². The molecule has 2 atom stereocenters. The Balaban J connectivity index is 2.39. The second-order valence-electron chi connectivity index (χ2n) is 3.04. The van der Waals surface area contributed by atoms with Crippen molar-refractivity contribution in [3.05, 3.63) is 0 Å². The first kappa shape index (κ1) is 9.64. The van der Waals surface area contributed by atoms with Gasteiger partial charge in [0.05, 0.1) is 6.04 Å². The molecule has 1 rings (SSSR count). The molecule has 70 valence electrons. The Bertz CT molecular complexity index is 155. The zero-order chi connectivity index (χ0) is 8.97. The molecule has 1 aliphatic heterocycles. The largest absolute Gasteiger partial charge is 0.385 e. The van der Waals surface area contributed by atoms with Crippen molar-refractivity contribution in [2.24, 2.45) is 0 Å². The summed E-state index contributed by atoms with van der Waals surface area (Å²) in [6.07, 6.45) is -0.306. The second-order valence-corrected chi connectivity index (χ2v) is 3.04.